The number of amides is 1. The number of hydrogen-bond donors (Lipinski definition) is 1. The van der Waals surface area contributed by atoms with Gasteiger partial charge in [-0.1, -0.05) is 35.0 Å². The molecule has 0 unspecified atom stereocenters. The van der Waals surface area contributed by atoms with E-state index in [2.05, 4.69) is 5.32 Å². The van der Waals surface area contributed by atoms with Gasteiger partial charge < -0.3 is 5.32 Å². The molecule has 2 nitrogen and oxygen atoms in total. The van der Waals surface area contributed by atoms with E-state index in [0.717, 1.165) is 21.0 Å². The van der Waals surface area contributed by atoms with Gasteiger partial charge in [-0.05, 0) is 37.3 Å². The van der Waals surface area contributed by atoms with E-state index in [1.807, 2.05) is 37.3 Å². The maximum atomic E-state index is 12.2. The van der Waals surface area contributed by atoms with Gasteiger partial charge in [0.2, 0.25) is 0 Å². The number of carbonyl (C=O) groups excluding carboxylic acids is 1. The highest BCUT2D eigenvalue weighted by Gasteiger charge is 2.19. The van der Waals surface area contributed by atoms with Crippen LogP contribution in [0.4, 0.5) is 5.69 Å². The number of fused-ring (bicyclic) bond motifs is 2. The normalized spacial score (nSPS) is 13.3. The standard InChI is InChI=1S/C14H10ClNOS/c1-8-2-4-12-10(6-8)14(17)16-11-7-9(15)3-5-13(11)18-12/h2-7H,1H3,(H,16,17). The lowest BCUT2D eigenvalue weighted by molar-refractivity contribution is 0.102. The van der Waals surface area contributed by atoms with Gasteiger partial charge in [0.25, 0.3) is 5.91 Å². The van der Waals surface area contributed by atoms with Gasteiger partial charge in [0, 0.05) is 14.8 Å². The molecular formula is C14H10ClNOS. The van der Waals surface area contributed by atoms with Crippen molar-refractivity contribution in [1.29, 1.82) is 0 Å². The number of nitrogens with one attached hydrogen (secondary N) is 1. The van der Waals surface area contributed by atoms with Crippen LogP contribution in [0, 0.1) is 6.92 Å². The maximum absolute atomic E-state index is 12.2. The SMILES string of the molecule is Cc1ccc2c(c1)C(=O)Nc1cc(Cl)ccc1S2. The first-order valence-electron chi connectivity index (χ1n) is 5.53. The number of rotatable bonds is 0. The molecule has 0 aromatic heterocycles. The number of anilines is 1. The highest BCUT2D eigenvalue weighted by Crippen LogP contribution is 2.39. The van der Waals surface area contributed by atoms with Gasteiger partial charge in [0.05, 0.1) is 11.3 Å². The van der Waals surface area contributed by atoms with Crippen molar-refractivity contribution < 1.29 is 4.79 Å². The van der Waals surface area contributed by atoms with Crippen LogP contribution in [0.1, 0.15) is 15.9 Å². The second-order valence-electron chi connectivity index (χ2n) is 4.20. The van der Waals surface area contributed by atoms with E-state index in [9.17, 15) is 4.79 Å². The second kappa shape index (κ2) is 4.34. The Bertz CT molecular complexity index is 654. The average Bonchev–Trinajstić information content (AvgIpc) is 2.46. The van der Waals surface area contributed by atoms with E-state index in [-0.39, 0.29) is 5.91 Å². The molecule has 0 saturated heterocycles. The monoisotopic (exact) mass is 275 g/mol. The third-order valence-corrected chi connectivity index (χ3v) is 4.18. The van der Waals surface area contributed by atoms with Crippen LogP contribution >= 0.6 is 23.4 Å². The quantitative estimate of drug-likeness (QED) is 0.774. The van der Waals surface area contributed by atoms with Crippen molar-refractivity contribution in [3.8, 4) is 0 Å². The van der Waals surface area contributed by atoms with Gasteiger partial charge in [-0.15, -0.1) is 0 Å². The molecule has 0 bridgehead atoms. The Hall–Kier alpha value is -1.45. The lowest BCUT2D eigenvalue weighted by Crippen LogP contribution is -2.11. The lowest BCUT2D eigenvalue weighted by atomic mass is 10.1. The first-order chi connectivity index (χ1) is 8.63. The Labute approximate surface area is 114 Å². The number of carbonyl (C=O) groups is 1. The Morgan fingerprint density at radius 2 is 1.89 bits per heavy atom. The number of aryl methyl sites for hydroxylation is 1. The molecule has 0 spiro atoms. The summed E-state index contributed by atoms with van der Waals surface area (Å²) in [4.78, 5) is 14.1. The molecule has 0 radical (unpaired) electrons. The van der Waals surface area contributed by atoms with Gasteiger partial charge in [-0.2, -0.15) is 0 Å². The topological polar surface area (TPSA) is 29.1 Å². The van der Waals surface area contributed by atoms with E-state index in [4.69, 9.17) is 11.6 Å². The molecule has 0 fully saturated rings. The Morgan fingerprint density at radius 3 is 2.72 bits per heavy atom. The number of hydrogen-bond acceptors (Lipinski definition) is 2. The van der Waals surface area contributed by atoms with Gasteiger partial charge in [0.15, 0.2) is 0 Å². The zero-order chi connectivity index (χ0) is 12.7. The molecule has 2 aromatic carbocycles. The molecular weight excluding hydrogens is 266 g/mol. The smallest absolute Gasteiger partial charge is 0.256 e. The summed E-state index contributed by atoms with van der Waals surface area (Å²) in [6, 6.07) is 11.4. The third kappa shape index (κ3) is 2.00. The molecule has 4 heteroatoms. The molecule has 1 heterocycles. The lowest BCUT2D eigenvalue weighted by Gasteiger charge is -2.05. The van der Waals surface area contributed by atoms with E-state index < -0.39 is 0 Å². The first-order valence-corrected chi connectivity index (χ1v) is 6.72. The van der Waals surface area contributed by atoms with Crippen molar-refractivity contribution in [2.24, 2.45) is 0 Å². The van der Waals surface area contributed by atoms with Gasteiger partial charge in [0.1, 0.15) is 0 Å². The van der Waals surface area contributed by atoms with Gasteiger partial charge in [-0.3, -0.25) is 4.79 Å². The summed E-state index contributed by atoms with van der Waals surface area (Å²) >= 11 is 7.54. The molecule has 1 aliphatic heterocycles. The molecule has 3 rings (SSSR count). The predicted octanol–water partition coefficient (Wildman–Crippen LogP) is 4.37. The maximum Gasteiger partial charge on any atom is 0.256 e. The Balaban J connectivity index is 2.16. The Morgan fingerprint density at radius 1 is 1.11 bits per heavy atom. The van der Waals surface area contributed by atoms with Crippen LogP contribution in [-0.4, -0.2) is 5.91 Å². The molecule has 0 aliphatic carbocycles. The minimum atomic E-state index is -0.0813. The fourth-order valence-electron chi connectivity index (χ4n) is 1.91. The molecule has 90 valence electrons. The average molecular weight is 276 g/mol. The first kappa shape index (κ1) is 11.6. The van der Waals surface area contributed by atoms with E-state index >= 15 is 0 Å². The van der Waals surface area contributed by atoms with Crippen molar-refractivity contribution in [2.45, 2.75) is 16.7 Å². The molecule has 18 heavy (non-hydrogen) atoms. The summed E-state index contributed by atoms with van der Waals surface area (Å²) in [6.45, 7) is 1.98. The van der Waals surface area contributed by atoms with Crippen LogP contribution in [0.5, 0.6) is 0 Å². The zero-order valence-corrected chi connectivity index (χ0v) is 11.2. The molecule has 0 atom stereocenters. The number of halogens is 1. The fraction of sp³-hybridized carbons (Fsp3) is 0.0714. The highest BCUT2D eigenvalue weighted by atomic mass is 35.5. The summed E-state index contributed by atoms with van der Waals surface area (Å²) in [6.07, 6.45) is 0. The largest absolute Gasteiger partial charge is 0.321 e. The summed E-state index contributed by atoms with van der Waals surface area (Å²) in [5, 5.41) is 3.52. The minimum absolute atomic E-state index is 0.0813. The van der Waals surface area contributed by atoms with Crippen LogP contribution in [0.25, 0.3) is 0 Å². The minimum Gasteiger partial charge on any atom is -0.321 e. The van der Waals surface area contributed by atoms with Crippen molar-refractivity contribution >= 4 is 35.0 Å². The van der Waals surface area contributed by atoms with E-state index in [1.54, 1.807) is 17.8 Å². The van der Waals surface area contributed by atoms with Crippen LogP contribution in [0.3, 0.4) is 0 Å². The van der Waals surface area contributed by atoms with Crippen molar-refractivity contribution in [1.82, 2.24) is 0 Å². The van der Waals surface area contributed by atoms with Gasteiger partial charge >= 0.3 is 0 Å². The zero-order valence-electron chi connectivity index (χ0n) is 9.66. The van der Waals surface area contributed by atoms with Crippen LogP contribution < -0.4 is 5.32 Å². The van der Waals surface area contributed by atoms with Crippen molar-refractivity contribution in [3.63, 3.8) is 0 Å². The second-order valence-corrected chi connectivity index (χ2v) is 5.72. The molecule has 0 saturated carbocycles. The molecule has 1 aliphatic rings. The van der Waals surface area contributed by atoms with Crippen LogP contribution in [-0.2, 0) is 0 Å². The predicted molar refractivity (Wildman–Crippen MR) is 74.7 cm³/mol. The molecule has 1 amide bonds. The van der Waals surface area contributed by atoms with E-state index in [0.29, 0.717) is 10.6 Å². The number of benzene rings is 2. The van der Waals surface area contributed by atoms with Crippen molar-refractivity contribution in [2.75, 3.05) is 5.32 Å². The Kier molecular flexibility index (Phi) is 2.80. The fourth-order valence-corrected chi connectivity index (χ4v) is 3.07. The molecule has 2 aromatic rings. The van der Waals surface area contributed by atoms with Crippen LogP contribution in [0.2, 0.25) is 5.02 Å². The highest BCUT2D eigenvalue weighted by molar-refractivity contribution is 7.99. The van der Waals surface area contributed by atoms with Gasteiger partial charge in [-0.25, -0.2) is 0 Å². The van der Waals surface area contributed by atoms with Crippen LogP contribution in [0.15, 0.2) is 46.2 Å². The summed E-state index contributed by atoms with van der Waals surface area (Å²) in [7, 11) is 0. The summed E-state index contributed by atoms with van der Waals surface area (Å²) in [5.74, 6) is -0.0813. The van der Waals surface area contributed by atoms with Crippen molar-refractivity contribution in [3.05, 3.63) is 52.5 Å². The molecule has 1 N–H and O–H groups in total. The van der Waals surface area contributed by atoms with E-state index in [1.165, 1.54) is 0 Å². The summed E-state index contributed by atoms with van der Waals surface area (Å²) in [5.41, 5.74) is 2.56. The summed E-state index contributed by atoms with van der Waals surface area (Å²) < 4.78 is 0. The third-order valence-electron chi connectivity index (χ3n) is 2.79.